The monoisotopic (exact) mass is 306 g/mol. The molecule has 0 saturated heterocycles. The number of carbonyl (C=O) groups excluding carboxylic acids is 1. The van der Waals surface area contributed by atoms with E-state index in [1.165, 1.54) is 11.8 Å². The molecule has 0 saturated carbocycles. The zero-order chi connectivity index (χ0) is 15.9. The Morgan fingerprint density at radius 1 is 0.870 bits per heavy atom. The van der Waals surface area contributed by atoms with Crippen molar-refractivity contribution in [2.45, 2.75) is 6.42 Å². The van der Waals surface area contributed by atoms with Crippen molar-refractivity contribution >= 4 is 17.3 Å². The number of hydrogen-bond acceptors (Lipinski definition) is 3. The molecular weight excluding hydrogens is 288 g/mol. The van der Waals surface area contributed by atoms with Gasteiger partial charge in [-0.15, -0.1) is 0 Å². The SMILES string of the molecule is O=C(Nc1ccc(NCCc2ccccc2)cc1)c1ccco1. The average molecular weight is 306 g/mol. The molecule has 4 heteroatoms. The minimum Gasteiger partial charge on any atom is -0.459 e. The summed E-state index contributed by atoms with van der Waals surface area (Å²) in [6.07, 6.45) is 2.45. The van der Waals surface area contributed by atoms with Crippen LogP contribution in [0, 0.1) is 0 Å². The second-order valence-electron chi connectivity index (χ2n) is 5.17. The smallest absolute Gasteiger partial charge is 0.291 e. The maximum Gasteiger partial charge on any atom is 0.291 e. The van der Waals surface area contributed by atoms with Crippen LogP contribution in [0.4, 0.5) is 11.4 Å². The first-order valence-electron chi connectivity index (χ1n) is 7.54. The van der Waals surface area contributed by atoms with E-state index in [9.17, 15) is 4.79 Å². The zero-order valence-corrected chi connectivity index (χ0v) is 12.7. The molecule has 2 aromatic carbocycles. The zero-order valence-electron chi connectivity index (χ0n) is 12.7. The summed E-state index contributed by atoms with van der Waals surface area (Å²) in [5.41, 5.74) is 3.07. The highest BCUT2D eigenvalue weighted by atomic mass is 16.3. The van der Waals surface area contributed by atoms with E-state index in [1.807, 2.05) is 42.5 Å². The lowest BCUT2D eigenvalue weighted by atomic mass is 10.1. The van der Waals surface area contributed by atoms with E-state index >= 15 is 0 Å². The standard InChI is InChI=1S/C19H18N2O2/c22-19(18-7-4-14-23-18)21-17-10-8-16(9-11-17)20-13-12-15-5-2-1-3-6-15/h1-11,14,20H,12-13H2,(H,21,22). The number of amides is 1. The lowest BCUT2D eigenvalue weighted by molar-refractivity contribution is 0.0996. The molecule has 4 nitrogen and oxygen atoms in total. The van der Waals surface area contributed by atoms with Crippen LogP contribution < -0.4 is 10.6 Å². The van der Waals surface area contributed by atoms with E-state index < -0.39 is 0 Å². The van der Waals surface area contributed by atoms with Crippen LogP contribution in [0.15, 0.2) is 77.4 Å². The van der Waals surface area contributed by atoms with Gasteiger partial charge in [-0.05, 0) is 48.4 Å². The average Bonchev–Trinajstić information content (AvgIpc) is 3.12. The molecule has 2 N–H and O–H groups in total. The number of nitrogens with one attached hydrogen (secondary N) is 2. The van der Waals surface area contributed by atoms with Crippen LogP contribution in [0.5, 0.6) is 0 Å². The van der Waals surface area contributed by atoms with E-state index in [2.05, 4.69) is 22.8 Å². The summed E-state index contributed by atoms with van der Waals surface area (Å²) in [5.74, 6) is 0.0508. The predicted octanol–water partition coefficient (Wildman–Crippen LogP) is 4.19. The second-order valence-corrected chi connectivity index (χ2v) is 5.17. The maximum atomic E-state index is 11.9. The Labute approximate surface area is 135 Å². The number of hydrogen-bond donors (Lipinski definition) is 2. The minimum absolute atomic E-state index is 0.250. The Bertz CT molecular complexity index is 735. The van der Waals surface area contributed by atoms with E-state index in [0.29, 0.717) is 5.76 Å². The van der Waals surface area contributed by atoms with Crippen LogP contribution in [0.1, 0.15) is 16.1 Å². The van der Waals surface area contributed by atoms with Crippen molar-refractivity contribution < 1.29 is 9.21 Å². The maximum absolute atomic E-state index is 11.9. The van der Waals surface area contributed by atoms with Crippen LogP contribution in [-0.4, -0.2) is 12.5 Å². The summed E-state index contributed by atoms with van der Waals surface area (Å²) < 4.78 is 5.06. The van der Waals surface area contributed by atoms with Gasteiger partial charge in [0.25, 0.3) is 5.91 Å². The molecular formula is C19H18N2O2. The number of carbonyl (C=O) groups is 1. The molecule has 1 aromatic heterocycles. The Morgan fingerprint density at radius 3 is 2.30 bits per heavy atom. The molecule has 3 rings (SSSR count). The molecule has 1 amide bonds. The highest BCUT2D eigenvalue weighted by Gasteiger charge is 2.08. The van der Waals surface area contributed by atoms with E-state index in [0.717, 1.165) is 24.3 Å². The van der Waals surface area contributed by atoms with Gasteiger partial charge in [0.05, 0.1) is 6.26 Å². The van der Waals surface area contributed by atoms with Crippen molar-refractivity contribution in [3.8, 4) is 0 Å². The van der Waals surface area contributed by atoms with Crippen LogP contribution in [0.25, 0.3) is 0 Å². The number of anilines is 2. The molecule has 0 spiro atoms. The van der Waals surface area contributed by atoms with Gasteiger partial charge in [0.15, 0.2) is 5.76 Å². The van der Waals surface area contributed by atoms with Crippen LogP contribution in [-0.2, 0) is 6.42 Å². The summed E-state index contributed by atoms with van der Waals surface area (Å²) in [4.78, 5) is 11.9. The number of furan rings is 1. The summed E-state index contributed by atoms with van der Waals surface area (Å²) in [6.45, 7) is 0.863. The normalized spacial score (nSPS) is 10.3. The van der Waals surface area contributed by atoms with Gasteiger partial charge < -0.3 is 15.1 Å². The van der Waals surface area contributed by atoms with E-state index in [4.69, 9.17) is 4.42 Å². The van der Waals surface area contributed by atoms with Gasteiger partial charge in [0.1, 0.15) is 0 Å². The fourth-order valence-corrected chi connectivity index (χ4v) is 2.27. The molecule has 1 heterocycles. The van der Waals surface area contributed by atoms with Crippen molar-refractivity contribution in [2.24, 2.45) is 0 Å². The summed E-state index contributed by atoms with van der Waals surface area (Å²) in [5, 5.41) is 6.16. The Kier molecular flexibility index (Phi) is 4.74. The summed E-state index contributed by atoms with van der Waals surface area (Å²) in [6, 6.07) is 21.3. The number of benzene rings is 2. The van der Waals surface area contributed by atoms with Gasteiger partial charge in [-0.3, -0.25) is 4.79 Å². The molecule has 0 atom stereocenters. The Hall–Kier alpha value is -3.01. The molecule has 0 radical (unpaired) electrons. The summed E-state index contributed by atoms with van der Waals surface area (Å²) in [7, 11) is 0. The molecule has 3 aromatic rings. The second kappa shape index (κ2) is 7.31. The van der Waals surface area contributed by atoms with Crippen molar-refractivity contribution in [2.75, 3.05) is 17.2 Å². The van der Waals surface area contributed by atoms with Crippen molar-refractivity contribution in [1.29, 1.82) is 0 Å². The van der Waals surface area contributed by atoms with Gasteiger partial charge in [0, 0.05) is 17.9 Å². The highest BCUT2D eigenvalue weighted by Crippen LogP contribution is 2.15. The third-order valence-corrected chi connectivity index (χ3v) is 3.47. The Balaban J connectivity index is 1.50. The topological polar surface area (TPSA) is 54.3 Å². The van der Waals surface area contributed by atoms with Gasteiger partial charge in [-0.2, -0.15) is 0 Å². The molecule has 0 aliphatic carbocycles. The van der Waals surface area contributed by atoms with Gasteiger partial charge in [0.2, 0.25) is 0 Å². The Morgan fingerprint density at radius 2 is 1.61 bits per heavy atom. The lowest BCUT2D eigenvalue weighted by Gasteiger charge is -2.08. The molecule has 23 heavy (non-hydrogen) atoms. The molecule has 116 valence electrons. The largest absolute Gasteiger partial charge is 0.459 e. The summed E-state index contributed by atoms with van der Waals surface area (Å²) >= 11 is 0. The highest BCUT2D eigenvalue weighted by molar-refractivity contribution is 6.02. The first kappa shape index (κ1) is 14.9. The van der Waals surface area contributed by atoms with E-state index in [-0.39, 0.29) is 5.91 Å². The van der Waals surface area contributed by atoms with E-state index in [1.54, 1.807) is 12.1 Å². The molecule has 0 unspecified atom stereocenters. The van der Waals surface area contributed by atoms with Crippen molar-refractivity contribution in [3.63, 3.8) is 0 Å². The number of rotatable bonds is 6. The molecule has 0 bridgehead atoms. The molecule has 0 aliphatic heterocycles. The lowest BCUT2D eigenvalue weighted by Crippen LogP contribution is -2.11. The third kappa shape index (κ3) is 4.23. The fourth-order valence-electron chi connectivity index (χ4n) is 2.27. The van der Waals surface area contributed by atoms with Gasteiger partial charge >= 0.3 is 0 Å². The molecule has 0 fully saturated rings. The van der Waals surface area contributed by atoms with Gasteiger partial charge in [-0.1, -0.05) is 30.3 Å². The van der Waals surface area contributed by atoms with Gasteiger partial charge in [-0.25, -0.2) is 0 Å². The third-order valence-electron chi connectivity index (χ3n) is 3.47. The predicted molar refractivity (Wildman–Crippen MR) is 91.7 cm³/mol. The fraction of sp³-hybridized carbons (Fsp3) is 0.105. The first-order valence-corrected chi connectivity index (χ1v) is 7.54. The van der Waals surface area contributed by atoms with Crippen LogP contribution >= 0.6 is 0 Å². The minimum atomic E-state index is -0.250. The van der Waals surface area contributed by atoms with Crippen LogP contribution in [0.2, 0.25) is 0 Å². The molecule has 0 aliphatic rings. The first-order chi connectivity index (χ1) is 11.3. The van der Waals surface area contributed by atoms with Crippen LogP contribution in [0.3, 0.4) is 0 Å². The van der Waals surface area contributed by atoms with Crippen molar-refractivity contribution in [3.05, 3.63) is 84.3 Å². The van der Waals surface area contributed by atoms with Crippen molar-refractivity contribution in [1.82, 2.24) is 0 Å². The quantitative estimate of drug-likeness (QED) is 0.718.